The van der Waals surface area contributed by atoms with Gasteiger partial charge in [-0.05, 0) is 17.5 Å². The summed E-state index contributed by atoms with van der Waals surface area (Å²) in [6.07, 6.45) is 1.96. The van der Waals surface area contributed by atoms with Crippen LogP contribution in [0.1, 0.15) is 22.9 Å². The minimum Gasteiger partial charge on any atom is -0.502 e. The lowest BCUT2D eigenvalue weighted by Crippen LogP contribution is -2.37. The van der Waals surface area contributed by atoms with Crippen molar-refractivity contribution in [2.75, 3.05) is 13.2 Å². The highest BCUT2D eigenvalue weighted by atomic mass is 16.4. The van der Waals surface area contributed by atoms with Gasteiger partial charge in [-0.15, -0.1) is 0 Å². The summed E-state index contributed by atoms with van der Waals surface area (Å²) in [6, 6.07) is 9.26. The van der Waals surface area contributed by atoms with Crippen LogP contribution < -0.4 is 5.43 Å². The lowest BCUT2D eigenvalue weighted by Gasteiger charge is -2.35. The predicted octanol–water partition coefficient (Wildman–Crippen LogP) is 1.44. The first kappa shape index (κ1) is 13.9. The quantitative estimate of drug-likeness (QED) is 0.893. The highest BCUT2D eigenvalue weighted by molar-refractivity contribution is 5.32. The van der Waals surface area contributed by atoms with Gasteiger partial charge in [0, 0.05) is 12.6 Å². The third kappa shape index (κ3) is 2.70. The first-order chi connectivity index (χ1) is 10.2. The van der Waals surface area contributed by atoms with Gasteiger partial charge in [-0.25, -0.2) is 0 Å². The van der Waals surface area contributed by atoms with Crippen LogP contribution in [0, 0.1) is 0 Å². The molecule has 21 heavy (non-hydrogen) atoms. The van der Waals surface area contributed by atoms with Crippen LogP contribution in [-0.4, -0.2) is 28.3 Å². The van der Waals surface area contributed by atoms with Crippen LogP contribution in [0.3, 0.4) is 0 Å². The van der Waals surface area contributed by atoms with Crippen LogP contribution in [0.5, 0.6) is 5.75 Å². The van der Waals surface area contributed by atoms with Gasteiger partial charge in [-0.2, -0.15) is 0 Å². The van der Waals surface area contributed by atoms with Crippen LogP contribution in [0.15, 0.2) is 45.8 Å². The Hall–Kier alpha value is -2.11. The number of benzene rings is 1. The van der Waals surface area contributed by atoms with Crippen molar-refractivity contribution in [1.29, 1.82) is 0 Å². The highest BCUT2D eigenvalue weighted by Gasteiger charge is 2.27. The number of aliphatic hydroxyl groups is 1. The number of rotatable bonds is 3. The van der Waals surface area contributed by atoms with Gasteiger partial charge >= 0.3 is 0 Å². The van der Waals surface area contributed by atoms with Crippen molar-refractivity contribution in [3.8, 4) is 5.75 Å². The summed E-state index contributed by atoms with van der Waals surface area (Å²) < 4.78 is 5.25. The fourth-order valence-corrected chi connectivity index (χ4v) is 2.83. The first-order valence-electron chi connectivity index (χ1n) is 6.92. The molecule has 3 rings (SSSR count). The molecule has 1 aliphatic heterocycles. The van der Waals surface area contributed by atoms with Crippen molar-refractivity contribution in [1.82, 2.24) is 4.90 Å². The maximum absolute atomic E-state index is 11.5. The number of aromatic hydroxyl groups is 1. The standard InChI is InChI=1S/C16H17NO4/c18-9-14-13-4-2-1-3-11(13)5-6-17(14)8-12-7-15(19)16(20)10-21-12/h1-4,7,10,14,18,20H,5-6,8-9H2. The fraction of sp³-hybridized carbons (Fsp3) is 0.312. The zero-order valence-electron chi connectivity index (χ0n) is 11.5. The van der Waals surface area contributed by atoms with E-state index >= 15 is 0 Å². The van der Waals surface area contributed by atoms with E-state index in [0.29, 0.717) is 12.3 Å². The third-order valence-corrected chi connectivity index (χ3v) is 3.92. The topological polar surface area (TPSA) is 73.9 Å². The van der Waals surface area contributed by atoms with Crippen molar-refractivity contribution in [2.24, 2.45) is 0 Å². The molecule has 2 aromatic rings. The van der Waals surface area contributed by atoms with E-state index in [4.69, 9.17) is 4.42 Å². The maximum Gasteiger partial charge on any atom is 0.226 e. The summed E-state index contributed by atoms with van der Waals surface area (Å²) in [5, 5.41) is 18.9. The fourth-order valence-electron chi connectivity index (χ4n) is 2.83. The molecule has 0 saturated heterocycles. The molecule has 0 spiro atoms. The third-order valence-electron chi connectivity index (χ3n) is 3.92. The minimum atomic E-state index is -0.450. The van der Waals surface area contributed by atoms with E-state index in [1.807, 2.05) is 18.2 Å². The van der Waals surface area contributed by atoms with Crippen molar-refractivity contribution in [3.05, 3.63) is 63.7 Å². The molecule has 0 saturated carbocycles. The Kier molecular flexibility index (Phi) is 3.77. The number of nitrogens with zero attached hydrogens (tertiary/aromatic N) is 1. The molecule has 2 N–H and O–H groups in total. The average Bonchev–Trinajstić information content (AvgIpc) is 2.51. The predicted molar refractivity (Wildman–Crippen MR) is 77.0 cm³/mol. The zero-order chi connectivity index (χ0) is 14.8. The summed E-state index contributed by atoms with van der Waals surface area (Å²) in [5.41, 5.74) is 1.92. The van der Waals surface area contributed by atoms with Gasteiger partial charge in [-0.1, -0.05) is 24.3 Å². The van der Waals surface area contributed by atoms with Gasteiger partial charge in [0.25, 0.3) is 0 Å². The smallest absolute Gasteiger partial charge is 0.226 e. The molecular weight excluding hydrogens is 270 g/mol. The summed E-state index contributed by atoms with van der Waals surface area (Å²) in [5.74, 6) is 0.0945. The summed E-state index contributed by atoms with van der Waals surface area (Å²) in [4.78, 5) is 13.5. The molecule has 1 atom stereocenters. The average molecular weight is 287 g/mol. The second-order valence-corrected chi connectivity index (χ2v) is 5.21. The van der Waals surface area contributed by atoms with E-state index in [9.17, 15) is 15.0 Å². The SMILES string of the molecule is O=c1cc(CN2CCc3ccccc3C2CO)occ1O. The Bertz CT molecular complexity index is 695. The molecule has 0 amide bonds. The highest BCUT2D eigenvalue weighted by Crippen LogP contribution is 2.30. The number of fused-ring (bicyclic) bond motifs is 1. The van der Waals surface area contributed by atoms with E-state index in [1.165, 1.54) is 11.6 Å². The maximum atomic E-state index is 11.5. The molecule has 2 heterocycles. The molecule has 0 aliphatic carbocycles. The molecule has 1 aromatic heterocycles. The molecule has 1 aromatic carbocycles. The van der Waals surface area contributed by atoms with Gasteiger partial charge in [0.2, 0.25) is 5.43 Å². The van der Waals surface area contributed by atoms with Crippen LogP contribution in [0.4, 0.5) is 0 Å². The van der Waals surface area contributed by atoms with Gasteiger partial charge < -0.3 is 14.6 Å². The molecule has 110 valence electrons. The molecular formula is C16H17NO4. The van der Waals surface area contributed by atoms with E-state index in [0.717, 1.165) is 24.8 Å². The summed E-state index contributed by atoms with van der Waals surface area (Å²) >= 11 is 0. The summed E-state index contributed by atoms with van der Waals surface area (Å²) in [7, 11) is 0. The normalized spacial score (nSPS) is 18.4. The number of aliphatic hydroxyl groups excluding tert-OH is 1. The monoisotopic (exact) mass is 287 g/mol. The second-order valence-electron chi connectivity index (χ2n) is 5.21. The second kappa shape index (κ2) is 5.71. The molecule has 1 aliphatic rings. The number of hydrogen-bond donors (Lipinski definition) is 2. The Balaban J connectivity index is 1.86. The van der Waals surface area contributed by atoms with E-state index in [1.54, 1.807) is 0 Å². The van der Waals surface area contributed by atoms with Crippen LogP contribution in [-0.2, 0) is 13.0 Å². The molecule has 0 bridgehead atoms. The van der Waals surface area contributed by atoms with E-state index in [2.05, 4.69) is 11.0 Å². The Morgan fingerprint density at radius 1 is 1.33 bits per heavy atom. The largest absolute Gasteiger partial charge is 0.502 e. The molecule has 0 fully saturated rings. The zero-order valence-corrected chi connectivity index (χ0v) is 11.5. The molecule has 5 nitrogen and oxygen atoms in total. The minimum absolute atomic E-state index is 0.0132. The van der Waals surface area contributed by atoms with E-state index in [-0.39, 0.29) is 18.4 Å². The van der Waals surface area contributed by atoms with Crippen LogP contribution in [0.2, 0.25) is 0 Å². The Labute approximate surface area is 122 Å². The Morgan fingerprint density at radius 2 is 2.14 bits per heavy atom. The lowest BCUT2D eigenvalue weighted by atomic mass is 9.93. The molecule has 1 unspecified atom stereocenters. The van der Waals surface area contributed by atoms with Gasteiger partial charge in [0.1, 0.15) is 12.0 Å². The molecule has 5 heteroatoms. The molecule has 0 radical (unpaired) electrons. The van der Waals surface area contributed by atoms with E-state index < -0.39 is 5.43 Å². The number of hydrogen-bond acceptors (Lipinski definition) is 5. The van der Waals surface area contributed by atoms with Crippen molar-refractivity contribution < 1.29 is 14.6 Å². The van der Waals surface area contributed by atoms with Crippen molar-refractivity contribution in [2.45, 2.75) is 19.0 Å². The van der Waals surface area contributed by atoms with Crippen molar-refractivity contribution >= 4 is 0 Å². The lowest BCUT2D eigenvalue weighted by molar-refractivity contribution is 0.100. The van der Waals surface area contributed by atoms with Gasteiger partial charge in [0.05, 0.1) is 19.2 Å². The summed E-state index contributed by atoms with van der Waals surface area (Å²) in [6.45, 7) is 1.22. The van der Waals surface area contributed by atoms with Crippen LogP contribution >= 0.6 is 0 Å². The van der Waals surface area contributed by atoms with Crippen LogP contribution in [0.25, 0.3) is 0 Å². The van der Waals surface area contributed by atoms with Crippen molar-refractivity contribution in [3.63, 3.8) is 0 Å². The Morgan fingerprint density at radius 3 is 2.90 bits per heavy atom. The van der Waals surface area contributed by atoms with Gasteiger partial charge in [0.15, 0.2) is 5.75 Å². The first-order valence-corrected chi connectivity index (χ1v) is 6.92. The van der Waals surface area contributed by atoms with Gasteiger partial charge in [-0.3, -0.25) is 9.69 Å².